The number of amides is 1. The Morgan fingerprint density at radius 3 is 2.44 bits per heavy atom. The largest absolute Gasteiger partial charge is 0.378 e. The van der Waals surface area contributed by atoms with E-state index in [2.05, 4.69) is 0 Å². The predicted octanol–water partition coefficient (Wildman–Crippen LogP) is 0.661. The molecule has 2 aliphatic rings. The fourth-order valence-corrected chi connectivity index (χ4v) is 5.08. The Morgan fingerprint density at radius 1 is 1.12 bits per heavy atom. The molecule has 2 N–H and O–H groups in total. The first kappa shape index (κ1) is 18.3. The van der Waals surface area contributed by atoms with Gasteiger partial charge in [0, 0.05) is 37.8 Å². The second-order valence-electron chi connectivity index (χ2n) is 6.43. The first-order valence-electron chi connectivity index (χ1n) is 8.73. The van der Waals surface area contributed by atoms with Gasteiger partial charge in [0.05, 0.1) is 18.1 Å². The monoisotopic (exact) mass is 367 g/mol. The third kappa shape index (κ3) is 3.87. The van der Waals surface area contributed by atoms with Crippen LogP contribution in [0.5, 0.6) is 0 Å². The van der Waals surface area contributed by atoms with Crippen LogP contribution in [0, 0.1) is 0 Å². The van der Waals surface area contributed by atoms with Gasteiger partial charge in [-0.1, -0.05) is 6.42 Å². The van der Waals surface area contributed by atoms with Crippen LogP contribution in [0.3, 0.4) is 0 Å². The molecule has 0 bridgehead atoms. The smallest absolute Gasteiger partial charge is 0.254 e. The van der Waals surface area contributed by atoms with Crippen LogP contribution in [0.1, 0.15) is 29.6 Å². The van der Waals surface area contributed by atoms with E-state index < -0.39 is 10.0 Å². The maximum Gasteiger partial charge on any atom is 0.254 e. The van der Waals surface area contributed by atoms with Crippen molar-refractivity contribution in [2.24, 2.45) is 5.73 Å². The van der Waals surface area contributed by atoms with E-state index >= 15 is 0 Å². The highest BCUT2D eigenvalue weighted by atomic mass is 32.2. The van der Waals surface area contributed by atoms with Gasteiger partial charge in [-0.3, -0.25) is 4.79 Å². The Kier molecular flexibility index (Phi) is 5.73. The Balaban J connectivity index is 1.77. The number of nitrogens with two attached hydrogens (primary N) is 1. The van der Waals surface area contributed by atoms with Crippen LogP contribution in [-0.4, -0.2) is 69.0 Å². The predicted molar refractivity (Wildman–Crippen MR) is 93.7 cm³/mol. The molecule has 8 heteroatoms. The molecule has 1 aromatic rings. The third-order valence-electron chi connectivity index (χ3n) is 4.85. The Morgan fingerprint density at radius 2 is 1.80 bits per heavy atom. The SMILES string of the molecule is NCC1CCCCN1S(=O)(=O)c1ccc(C(=O)N2CCOCC2)cc1. The molecule has 1 amide bonds. The maximum absolute atomic E-state index is 12.9. The van der Waals surface area contributed by atoms with Crippen molar-refractivity contribution >= 4 is 15.9 Å². The molecule has 3 rings (SSSR count). The van der Waals surface area contributed by atoms with Crippen molar-refractivity contribution in [1.82, 2.24) is 9.21 Å². The summed E-state index contributed by atoms with van der Waals surface area (Å²) in [4.78, 5) is 14.4. The number of morpholine rings is 1. The number of nitrogens with zero attached hydrogens (tertiary/aromatic N) is 2. The number of hydrogen-bond donors (Lipinski definition) is 1. The van der Waals surface area contributed by atoms with Crippen molar-refractivity contribution in [2.45, 2.75) is 30.2 Å². The fourth-order valence-electron chi connectivity index (χ4n) is 3.38. The van der Waals surface area contributed by atoms with Crippen molar-refractivity contribution < 1.29 is 17.9 Å². The number of carbonyl (C=O) groups is 1. The molecule has 0 radical (unpaired) electrons. The molecule has 1 aromatic carbocycles. The lowest BCUT2D eigenvalue weighted by atomic mass is 10.1. The molecule has 0 aliphatic carbocycles. The molecule has 1 atom stereocenters. The molecule has 2 heterocycles. The van der Waals surface area contributed by atoms with Crippen LogP contribution in [0.25, 0.3) is 0 Å². The lowest BCUT2D eigenvalue weighted by Crippen LogP contribution is -2.47. The van der Waals surface area contributed by atoms with E-state index in [1.54, 1.807) is 17.0 Å². The Bertz CT molecular complexity index is 699. The van der Waals surface area contributed by atoms with Crippen molar-refractivity contribution in [3.63, 3.8) is 0 Å². The van der Waals surface area contributed by atoms with Gasteiger partial charge in [0.1, 0.15) is 0 Å². The molecule has 1 unspecified atom stereocenters. The number of piperidine rings is 1. The van der Waals surface area contributed by atoms with Crippen molar-refractivity contribution in [1.29, 1.82) is 0 Å². The fraction of sp³-hybridized carbons (Fsp3) is 0.588. The second-order valence-corrected chi connectivity index (χ2v) is 8.32. The van der Waals surface area contributed by atoms with Gasteiger partial charge in [-0.15, -0.1) is 0 Å². The number of benzene rings is 1. The summed E-state index contributed by atoms with van der Waals surface area (Å²) in [7, 11) is -3.58. The van der Waals surface area contributed by atoms with Crippen LogP contribution in [0.15, 0.2) is 29.2 Å². The molecule has 2 saturated heterocycles. The first-order chi connectivity index (χ1) is 12.0. The summed E-state index contributed by atoms with van der Waals surface area (Å²) in [6, 6.07) is 6.07. The molecule has 2 aliphatic heterocycles. The Hall–Kier alpha value is -1.48. The molecule has 0 saturated carbocycles. The zero-order valence-corrected chi connectivity index (χ0v) is 15.1. The van der Waals surface area contributed by atoms with Gasteiger partial charge < -0.3 is 15.4 Å². The summed E-state index contributed by atoms with van der Waals surface area (Å²) >= 11 is 0. The lowest BCUT2D eigenvalue weighted by Gasteiger charge is -2.33. The van der Waals surface area contributed by atoms with E-state index in [9.17, 15) is 13.2 Å². The van der Waals surface area contributed by atoms with Crippen molar-refractivity contribution in [3.8, 4) is 0 Å². The average molecular weight is 367 g/mol. The number of sulfonamides is 1. The first-order valence-corrected chi connectivity index (χ1v) is 10.2. The standard InChI is InChI=1S/C17H25N3O4S/c18-13-15-3-1-2-8-20(15)25(22,23)16-6-4-14(5-7-16)17(21)19-9-11-24-12-10-19/h4-7,15H,1-3,8-13,18H2. The van der Waals surface area contributed by atoms with Gasteiger partial charge in [-0.2, -0.15) is 4.31 Å². The van der Waals surface area contributed by atoms with Crippen LogP contribution in [0.2, 0.25) is 0 Å². The summed E-state index contributed by atoms with van der Waals surface area (Å²) in [6.07, 6.45) is 2.65. The Labute approximate surface area is 148 Å². The van der Waals surface area contributed by atoms with Gasteiger partial charge in [0.25, 0.3) is 5.91 Å². The van der Waals surface area contributed by atoms with Gasteiger partial charge >= 0.3 is 0 Å². The average Bonchev–Trinajstić information content (AvgIpc) is 2.68. The zero-order chi connectivity index (χ0) is 17.9. The van der Waals surface area contributed by atoms with Crippen LogP contribution < -0.4 is 5.73 Å². The molecule has 0 spiro atoms. The van der Waals surface area contributed by atoms with Gasteiger partial charge in [-0.25, -0.2) is 8.42 Å². The normalized spacial score (nSPS) is 22.8. The van der Waals surface area contributed by atoms with E-state index in [1.807, 2.05) is 0 Å². The number of hydrogen-bond acceptors (Lipinski definition) is 5. The highest BCUT2D eigenvalue weighted by molar-refractivity contribution is 7.89. The summed E-state index contributed by atoms with van der Waals surface area (Å²) in [6.45, 7) is 3.02. The molecule has 138 valence electrons. The minimum Gasteiger partial charge on any atom is -0.378 e. The summed E-state index contributed by atoms with van der Waals surface area (Å²) in [5.41, 5.74) is 6.24. The summed E-state index contributed by atoms with van der Waals surface area (Å²) in [5, 5.41) is 0. The topological polar surface area (TPSA) is 92.9 Å². The molecule has 0 aromatic heterocycles. The number of carbonyl (C=O) groups excluding carboxylic acids is 1. The van der Waals surface area contributed by atoms with Crippen LogP contribution in [0.4, 0.5) is 0 Å². The molecular weight excluding hydrogens is 342 g/mol. The second kappa shape index (κ2) is 7.82. The lowest BCUT2D eigenvalue weighted by molar-refractivity contribution is 0.0303. The quantitative estimate of drug-likeness (QED) is 0.844. The highest BCUT2D eigenvalue weighted by Crippen LogP contribution is 2.25. The van der Waals surface area contributed by atoms with Crippen LogP contribution in [-0.2, 0) is 14.8 Å². The van der Waals surface area contributed by atoms with Gasteiger partial charge in [0.15, 0.2) is 0 Å². The minimum atomic E-state index is -3.58. The molecular formula is C17H25N3O4S. The summed E-state index contributed by atoms with van der Waals surface area (Å²) in [5.74, 6) is -0.0925. The molecule has 25 heavy (non-hydrogen) atoms. The van der Waals surface area contributed by atoms with Gasteiger partial charge in [0.2, 0.25) is 10.0 Å². The molecule has 7 nitrogen and oxygen atoms in total. The van der Waals surface area contributed by atoms with Crippen molar-refractivity contribution in [2.75, 3.05) is 39.4 Å². The summed E-state index contributed by atoms with van der Waals surface area (Å²) < 4.78 is 32.6. The van der Waals surface area contributed by atoms with E-state index in [0.717, 1.165) is 19.3 Å². The van der Waals surface area contributed by atoms with E-state index in [-0.39, 0.29) is 16.8 Å². The highest BCUT2D eigenvalue weighted by Gasteiger charge is 2.32. The minimum absolute atomic E-state index is 0.0925. The van der Waals surface area contributed by atoms with E-state index in [1.165, 1.54) is 16.4 Å². The number of rotatable bonds is 4. The maximum atomic E-state index is 12.9. The third-order valence-corrected chi connectivity index (χ3v) is 6.82. The van der Waals surface area contributed by atoms with Crippen molar-refractivity contribution in [3.05, 3.63) is 29.8 Å². The van der Waals surface area contributed by atoms with Gasteiger partial charge in [-0.05, 0) is 37.1 Å². The molecule has 2 fully saturated rings. The van der Waals surface area contributed by atoms with E-state index in [4.69, 9.17) is 10.5 Å². The van der Waals surface area contributed by atoms with Crippen LogP contribution >= 0.6 is 0 Å². The zero-order valence-electron chi connectivity index (χ0n) is 14.3. The van der Waals surface area contributed by atoms with E-state index in [0.29, 0.717) is 45.0 Å². The number of ether oxygens (including phenoxy) is 1.